The largest absolute Gasteiger partial charge is 1.00 e. The highest BCUT2D eigenvalue weighted by atomic mass is 127. The average molecular weight is 445 g/mol. The summed E-state index contributed by atoms with van der Waals surface area (Å²) in [4.78, 5) is 0. The van der Waals surface area contributed by atoms with E-state index in [1.165, 1.54) is 90.0 Å². The minimum Gasteiger partial charge on any atom is -1.00 e. The molecule has 1 heterocycles. The Morgan fingerprint density at radius 2 is 1.17 bits per heavy atom. The van der Waals surface area contributed by atoms with E-state index in [4.69, 9.17) is 0 Å². The Hall–Kier alpha value is -0.120. The molecule has 0 fully saturated rings. The highest BCUT2D eigenvalue weighted by molar-refractivity contribution is 4.83. The number of hydrogen-bond acceptors (Lipinski definition) is 0. The molecule has 1 unspecified atom stereocenters. The number of unbranched alkanes of at least 4 members (excludes halogenated alkanes) is 9. The number of rotatable bonds is 15. The average Bonchev–Trinajstić information content (AvgIpc) is 2.57. The summed E-state index contributed by atoms with van der Waals surface area (Å²) in [5.41, 5.74) is 0. The van der Waals surface area contributed by atoms with Crippen LogP contribution < -0.4 is 28.5 Å². The maximum absolute atomic E-state index is 2.43. The first-order chi connectivity index (χ1) is 11.3. The standard InChI is InChI=1S/C22H40N.HI/c1-3-4-5-6-7-8-9-10-11-13-17-22(2)18-16-21-23-19-14-12-15-20-23;/h12,14-15,19-20,22H,3-11,13,16-18,21H2,1-2H3;1H/q+1;/p-1. The van der Waals surface area contributed by atoms with Crippen LogP contribution in [0.5, 0.6) is 0 Å². The Kier molecular flexibility index (Phi) is 17.6. The molecule has 24 heavy (non-hydrogen) atoms. The molecule has 140 valence electrons. The van der Waals surface area contributed by atoms with Gasteiger partial charge in [0.05, 0.1) is 0 Å². The van der Waals surface area contributed by atoms with Gasteiger partial charge in [-0.15, -0.1) is 0 Å². The van der Waals surface area contributed by atoms with Gasteiger partial charge in [-0.05, 0) is 12.3 Å². The van der Waals surface area contributed by atoms with Gasteiger partial charge in [0.1, 0.15) is 6.54 Å². The van der Waals surface area contributed by atoms with Gasteiger partial charge in [-0.2, -0.15) is 0 Å². The van der Waals surface area contributed by atoms with Crippen LogP contribution in [0.4, 0.5) is 0 Å². The predicted octanol–water partition coefficient (Wildman–Crippen LogP) is 3.71. The number of hydrogen-bond donors (Lipinski definition) is 0. The molecular formula is C22H40IN. The lowest BCUT2D eigenvalue weighted by Crippen LogP contribution is -3.00. The van der Waals surface area contributed by atoms with Crippen molar-refractivity contribution < 1.29 is 28.5 Å². The molecule has 0 aliphatic heterocycles. The fraction of sp³-hybridized carbons (Fsp3) is 0.773. The topological polar surface area (TPSA) is 3.88 Å². The lowest BCUT2D eigenvalue weighted by Gasteiger charge is -2.10. The second-order valence-corrected chi connectivity index (χ2v) is 7.33. The van der Waals surface area contributed by atoms with Crippen molar-refractivity contribution in [2.45, 2.75) is 104 Å². The summed E-state index contributed by atoms with van der Waals surface area (Å²) in [5, 5.41) is 0. The Balaban J connectivity index is 0.00000529. The van der Waals surface area contributed by atoms with Crippen LogP contribution in [0.15, 0.2) is 30.6 Å². The number of aromatic nitrogens is 1. The molecule has 0 spiro atoms. The molecule has 0 aliphatic rings. The van der Waals surface area contributed by atoms with E-state index in [0.29, 0.717) is 0 Å². The van der Waals surface area contributed by atoms with Crippen molar-refractivity contribution >= 4 is 0 Å². The fourth-order valence-corrected chi connectivity index (χ4v) is 3.33. The molecule has 1 aromatic rings. The van der Waals surface area contributed by atoms with Crippen molar-refractivity contribution in [3.05, 3.63) is 30.6 Å². The van der Waals surface area contributed by atoms with E-state index in [9.17, 15) is 0 Å². The van der Waals surface area contributed by atoms with E-state index < -0.39 is 0 Å². The summed E-state index contributed by atoms with van der Waals surface area (Å²) in [6.07, 6.45) is 22.9. The van der Waals surface area contributed by atoms with Crippen molar-refractivity contribution in [2.24, 2.45) is 5.92 Å². The van der Waals surface area contributed by atoms with Gasteiger partial charge in [-0.3, -0.25) is 0 Å². The van der Waals surface area contributed by atoms with Crippen LogP contribution in [0.2, 0.25) is 0 Å². The molecule has 2 heteroatoms. The molecule has 0 bridgehead atoms. The van der Waals surface area contributed by atoms with E-state index in [-0.39, 0.29) is 24.0 Å². The Bertz CT molecular complexity index is 352. The summed E-state index contributed by atoms with van der Waals surface area (Å²) in [6.45, 7) is 5.90. The summed E-state index contributed by atoms with van der Waals surface area (Å²) in [5.74, 6) is 0.897. The molecule has 0 radical (unpaired) electrons. The molecule has 0 saturated heterocycles. The zero-order chi connectivity index (χ0) is 16.6. The van der Waals surface area contributed by atoms with Crippen molar-refractivity contribution in [2.75, 3.05) is 0 Å². The number of nitrogens with zero attached hydrogens (tertiary/aromatic N) is 1. The van der Waals surface area contributed by atoms with Crippen LogP contribution in [0.1, 0.15) is 97.3 Å². The van der Waals surface area contributed by atoms with Crippen LogP contribution in [0.25, 0.3) is 0 Å². The van der Waals surface area contributed by atoms with Gasteiger partial charge in [0, 0.05) is 18.6 Å². The summed E-state index contributed by atoms with van der Waals surface area (Å²) in [7, 11) is 0. The third kappa shape index (κ3) is 14.2. The van der Waals surface area contributed by atoms with Crippen LogP contribution in [0, 0.1) is 5.92 Å². The predicted molar refractivity (Wildman–Crippen MR) is 101 cm³/mol. The maximum atomic E-state index is 2.43. The second-order valence-electron chi connectivity index (χ2n) is 7.33. The van der Waals surface area contributed by atoms with Crippen molar-refractivity contribution in [1.29, 1.82) is 0 Å². The lowest BCUT2D eigenvalue weighted by molar-refractivity contribution is -0.697. The SMILES string of the molecule is CCCCCCCCCCCCC(C)CCC[n+]1ccccc1.[I-]. The molecule has 1 atom stereocenters. The van der Waals surface area contributed by atoms with Crippen LogP contribution in [-0.2, 0) is 6.54 Å². The molecule has 1 aromatic heterocycles. The molecule has 1 rings (SSSR count). The zero-order valence-corrected chi connectivity index (χ0v) is 18.3. The van der Waals surface area contributed by atoms with Crippen molar-refractivity contribution in [1.82, 2.24) is 0 Å². The third-order valence-corrected chi connectivity index (χ3v) is 4.94. The van der Waals surface area contributed by atoms with E-state index in [1.54, 1.807) is 0 Å². The normalized spacial score (nSPS) is 11.9. The van der Waals surface area contributed by atoms with Gasteiger partial charge in [-0.1, -0.05) is 90.5 Å². The Labute approximate surface area is 168 Å². The highest BCUT2D eigenvalue weighted by Crippen LogP contribution is 2.16. The fourth-order valence-electron chi connectivity index (χ4n) is 3.33. The van der Waals surface area contributed by atoms with Gasteiger partial charge in [0.25, 0.3) is 0 Å². The van der Waals surface area contributed by atoms with Gasteiger partial charge < -0.3 is 24.0 Å². The molecule has 0 amide bonds. The number of aryl methyl sites for hydroxylation is 1. The van der Waals surface area contributed by atoms with E-state index >= 15 is 0 Å². The van der Waals surface area contributed by atoms with Gasteiger partial charge in [-0.25, -0.2) is 4.57 Å². The number of halogens is 1. The summed E-state index contributed by atoms with van der Waals surface area (Å²) >= 11 is 0. The first-order valence-electron chi connectivity index (χ1n) is 10.3. The van der Waals surface area contributed by atoms with Crippen molar-refractivity contribution in [3.8, 4) is 0 Å². The third-order valence-electron chi connectivity index (χ3n) is 4.94. The number of pyridine rings is 1. The first kappa shape index (κ1) is 23.9. The second kappa shape index (κ2) is 17.7. The van der Waals surface area contributed by atoms with Crippen LogP contribution in [-0.4, -0.2) is 0 Å². The molecule has 0 saturated carbocycles. The summed E-state index contributed by atoms with van der Waals surface area (Å²) < 4.78 is 2.30. The molecule has 0 aliphatic carbocycles. The minimum atomic E-state index is 0. The van der Waals surface area contributed by atoms with Gasteiger partial charge in [0.15, 0.2) is 12.4 Å². The van der Waals surface area contributed by atoms with Crippen molar-refractivity contribution in [3.63, 3.8) is 0 Å². The molecular weight excluding hydrogens is 405 g/mol. The minimum absolute atomic E-state index is 0. The van der Waals surface area contributed by atoms with Crippen LogP contribution >= 0.6 is 0 Å². The molecule has 1 nitrogen and oxygen atoms in total. The molecule has 0 aromatic carbocycles. The Morgan fingerprint density at radius 3 is 1.75 bits per heavy atom. The Morgan fingerprint density at radius 1 is 0.667 bits per heavy atom. The maximum Gasteiger partial charge on any atom is 0.168 e. The zero-order valence-electron chi connectivity index (χ0n) is 16.2. The van der Waals surface area contributed by atoms with E-state index in [2.05, 4.69) is 49.0 Å². The lowest BCUT2D eigenvalue weighted by atomic mass is 9.97. The quantitative estimate of drug-likeness (QED) is 0.220. The highest BCUT2D eigenvalue weighted by Gasteiger charge is 2.04. The van der Waals surface area contributed by atoms with Gasteiger partial charge >= 0.3 is 0 Å². The van der Waals surface area contributed by atoms with Crippen LogP contribution in [0.3, 0.4) is 0 Å². The first-order valence-corrected chi connectivity index (χ1v) is 10.3. The van der Waals surface area contributed by atoms with Gasteiger partial charge in [0.2, 0.25) is 0 Å². The molecule has 0 N–H and O–H groups in total. The monoisotopic (exact) mass is 445 g/mol. The van der Waals surface area contributed by atoms with E-state index in [1.807, 2.05) is 0 Å². The smallest absolute Gasteiger partial charge is 0.168 e. The van der Waals surface area contributed by atoms with E-state index in [0.717, 1.165) is 5.92 Å². The summed E-state index contributed by atoms with van der Waals surface area (Å²) in [6, 6.07) is 6.32.